The average Bonchev–Trinajstić information content (AvgIpc) is 3.37. The summed E-state index contributed by atoms with van der Waals surface area (Å²) in [5.74, 6) is -1.20. The third kappa shape index (κ3) is 5.47. The first-order chi connectivity index (χ1) is 19.3. The Bertz CT molecular complexity index is 1540. The predicted octanol–water partition coefficient (Wildman–Crippen LogP) is 5.40. The molecule has 1 heterocycles. The maximum atomic E-state index is 14.3. The van der Waals surface area contributed by atoms with E-state index in [9.17, 15) is 19.1 Å². The minimum absolute atomic E-state index is 0.0700. The number of benzene rings is 2. The summed E-state index contributed by atoms with van der Waals surface area (Å²) < 4.78 is 24.5. The van der Waals surface area contributed by atoms with Crippen LogP contribution in [0.5, 0.6) is 11.5 Å². The summed E-state index contributed by atoms with van der Waals surface area (Å²) in [4.78, 5) is 33.3. The average molecular weight is 566 g/mol. The number of methoxy groups -OCH3 is 2. The molecule has 40 heavy (non-hydrogen) atoms. The molecule has 0 saturated carbocycles. The number of carbonyl (C=O) groups excluding carboxylic acids is 1. The van der Waals surface area contributed by atoms with Crippen LogP contribution in [0, 0.1) is 11.7 Å². The molecule has 2 aromatic carbocycles. The van der Waals surface area contributed by atoms with Crippen LogP contribution in [0.1, 0.15) is 36.6 Å². The molecule has 2 aliphatic rings. The van der Waals surface area contributed by atoms with Crippen molar-refractivity contribution in [1.82, 2.24) is 15.3 Å². The second kappa shape index (κ2) is 11.6. The molecule has 0 aliphatic heterocycles. The molecular formula is C30H29ClFN3O5. The number of ether oxygens (including phenoxy) is 2. The van der Waals surface area contributed by atoms with E-state index in [2.05, 4.69) is 10.3 Å². The smallest absolute Gasteiger partial charge is 0.335 e. The fraction of sp³-hybridized carbons (Fsp3) is 0.300. The second-order valence-corrected chi connectivity index (χ2v) is 10.3. The van der Waals surface area contributed by atoms with Crippen LogP contribution in [0.2, 0.25) is 0 Å². The zero-order valence-electron chi connectivity index (χ0n) is 22.0. The predicted molar refractivity (Wildman–Crippen MR) is 149 cm³/mol. The number of aromatic amines is 1. The summed E-state index contributed by atoms with van der Waals surface area (Å²) in [6.07, 6.45) is 6.58. The van der Waals surface area contributed by atoms with Crippen molar-refractivity contribution in [2.24, 2.45) is 5.92 Å². The summed E-state index contributed by atoms with van der Waals surface area (Å²) in [5, 5.41) is 12.5. The molecule has 1 amide bonds. The molecule has 5 rings (SSSR count). The third-order valence-electron chi connectivity index (χ3n) is 7.48. The number of aliphatic carboxylic acids is 1. The maximum Gasteiger partial charge on any atom is 0.335 e. The van der Waals surface area contributed by atoms with E-state index >= 15 is 0 Å². The van der Waals surface area contributed by atoms with E-state index in [-0.39, 0.29) is 29.1 Å². The number of amides is 1. The zero-order valence-corrected chi connectivity index (χ0v) is 22.8. The number of allylic oxidation sites excluding steroid dienone is 3. The number of hydrogen-bond acceptors (Lipinski definition) is 5. The number of carboxylic acid groups (broad SMARTS) is 1. The Morgan fingerprint density at radius 2 is 1.95 bits per heavy atom. The lowest BCUT2D eigenvalue weighted by atomic mass is 9.72. The maximum absolute atomic E-state index is 14.3. The van der Waals surface area contributed by atoms with E-state index in [1.807, 2.05) is 36.4 Å². The van der Waals surface area contributed by atoms with Crippen molar-refractivity contribution in [1.29, 1.82) is 0 Å². The number of fused-ring (bicyclic) bond motifs is 1. The summed E-state index contributed by atoms with van der Waals surface area (Å²) in [6.45, 7) is 0.301. The number of carbonyl (C=O) groups is 2. The number of carboxylic acids is 1. The van der Waals surface area contributed by atoms with Gasteiger partial charge in [-0.05, 0) is 48.6 Å². The fourth-order valence-corrected chi connectivity index (χ4v) is 5.86. The lowest BCUT2D eigenvalue weighted by Gasteiger charge is -2.35. The highest BCUT2D eigenvalue weighted by molar-refractivity contribution is 6.22. The van der Waals surface area contributed by atoms with Crippen LogP contribution in [0.15, 0.2) is 71.3 Å². The third-order valence-corrected chi connectivity index (χ3v) is 7.89. The van der Waals surface area contributed by atoms with Gasteiger partial charge in [0.05, 0.1) is 36.2 Å². The summed E-state index contributed by atoms with van der Waals surface area (Å²) in [6, 6.07) is 10.2. The van der Waals surface area contributed by atoms with E-state index in [0.29, 0.717) is 53.8 Å². The second-order valence-electron chi connectivity index (χ2n) is 9.81. The molecule has 3 N–H and O–H groups in total. The van der Waals surface area contributed by atoms with Crippen molar-refractivity contribution >= 4 is 34.5 Å². The minimum Gasteiger partial charge on any atom is -0.497 e. The molecule has 1 unspecified atom stereocenters. The van der Waals surface area contributed by atoms with Gasteiger partial charge in [0.1, 0.15) is 11.6 Å². The highest BCUT2D eigenvalue weighted by Gasteiger charge is 2.38. The molecule has 0 saturated heterocycles. The first-order valence-corrected chi connectivity index (χ1v) is 13.3. The van der Waals surface area contributed by atoms with Gasteiger partial charge in [0.15, 0.2) is 11.6 Å². The number of imidazole rings is 1. The Kier molecular flexibility index (Phi) is 7.93. The molecular weight excluding hydrogens is 537 g/mol. The normalized spacial score (nSPS) is 20.8. The van der Waals surface area contributed by atoms with Crippen molar-refractivity contribution in [3.8, 4) is 11.5 Å². The van der Waals surface area contributed by atoms with E-state index < -0.39 is 17.2 Å². The van der Waals surface area contributed by atoms with Crippen LogP contribution in [0.4, 0.5) is 4.39 Å². The molecule has 0 fully saturated rings. The molecule has 3 aromatic rings. The largest absolute Gasteiger partial charge is 0.497 e. The van der Waals surface area contributed by atoms with Gasteiger partial charge in [-0.1, -0.05) is 24.3 Å². The van der Waals surface area contributed by atoms with Gasteiger partial charge in [-0.2, -0.15) is 0 Å². The van der Waals surface area contributed by atoms with Gasteiger partial charge < -0.3 is 24.9 Å². The van der Waals surface area contributed by atoms with Gasteiger partial charge in [-0.25, -0.2) is 14.2 Å². The number of aromatic nitrogens is 2. The molecule has 0 bridgehead atoms. The number of halogens is 2. The molecule has 10 heteroatoms. The first kappa shape index (κ1) is 27.5. The molecule has 8 nitrogen and oxygen atoms in total. The number of alkyl halides is 1. The van der Waals surface area contributed by atoms with Gasteiger partial charge in [-0.3, -0.25) is 4.79 Å². The highest BCUT2D eigenvalue weighted by Crippen LogP contribution is 2.45. The van der Waals surface area contributed by atoms with Gasteiger partial charge in [-0.15, -0.1) is 11.6 Å². The van der Waals surface area contributed by atoms with E-state index in [1.54, 1.807) is 7.11 Å². The highest BCUT2D eigenvalue weighted by atomic mass is 35.5. The quantitative estimate of drug-likeness (QED) is 0.249. The topological polar surface area (TPSA) is 114 Å². The number of nitrogens with one attached hydrogen (secondary N) is 2. The van der Waals surface area contributed by atoms with Crippen molar-refractivity contribution < 1.29 is 28.6 Å². The number of nitrogens with zero attached hydrogens (tertiary/aromatic N) is 1. The lowest BCUT2D eigenvalue weighted by molar-refractivity contribution is -0.132. The van der Waals surface area contributed by atoms with Crippen LogP contribution in [0.25, 0.3) is 11.0 Å². The number of hydrogen-bond donors (Lipinski definition) is 3. The number of H-pyrrole nitrogens is 1. The molecule has 1 aromatic heterocycles. The molecule has 0 spiro atoms. The van der Waals surface area contributed by atoms with Gasteiger partial charge >= 0.3 is 5.97 Å². The molecule has 2 aliphatic carbocycles. The fourth-order valence-electron chi connectivity index (χ4n) is 5.43. The van der Waals surface area contributed by atoms with Crippen molar-refractivity contribution in [2.45, 2.75) is 37.1 Å². The standard InChI is InChI=1S/C30H29ClFN3O5/c1-39-18-9-6-16(7-10-18)15-33-29(36)17-8-11-19(21(12-17)30(37)38)27-20(4-3-5-22(27)31)28-34-24-13-23(32)26(40-2)14-25(24)35-28/h3,5-7,9-10,12-14,20,22,27H,4,8,11,15H2,1-2H3,(H,33,36)(H,34,35)(H,37,38)/t20?,22-,27+/m0/s1. The van der Waals surface area contributed by atoms with E-state index in [4.69, 9.17) is 26.1 Å². The molecule has 3 atom stereocenters. The molecule has 208 valence electrons. The van der Waals surface area contributed by atoms with E-state index in [0.717, 1.165) is 11.3 Å². The summed E-state index contributed by atoms with van der Waals surface area (Å²) in [7, 11) is 2.98. The first-order valence-electron chi connectivity index (χ1n) is 12.9. The van der Waals surface area contributed by atoms with Gasteiger partial charge in [0.2, 0.25) is 5.91 Å². The lowest BCUT2D eigenvalue weighted by Crippen LogP contribution is -2.31. The van der Waals surface area contributed by atoms with Crippen molar-refractivity contribution in [3.63, 3.8) is 0 Å². The van der Waals surface area contributed by atoms with Crippen LogP contribution < -0.4 is 14.8 Å². The SMILES string of the molecule is COc1ccc(CNC(=O)C2=CC(C(=O)O)=C([C@@H]3C(c4nc5cc(OC)c(F)cc5[nH]4)CC=C[C@@H]3Cl)CC2)cc1. The van der Waals surface area contributed by atoms with Crippen molar-refractivity contribution in [3.05, 3.63) is 88.6 Å². The Hall–Kier alpha value is -4.11. The van der Waals surface area contributed by atoms with Crippen LogP contribution >= 0.6 is 11.6 Å². The Labute approximate surface area is 235 Å². The Morgan fingerprint density at radius 1 is 1.18 bits per heavy atom. The summed E-state index contributed by atoms with van der Waals surface area (Å²) >= 11 is 6.80. The number of rotatable bonds is 8. The minimum atomic E-state index is -1.12. The van der Waals surface area contributed by atoms with E-state index in [1.165, 1.54) is 25.3 Å². The van der Waals surface area contributed by atoms with Gasteiger partial charge in [0, 0.05) is 36.1 Å². The van der Waals surface area contributed by atoms with Gasteiger partial charge in [0.25, 0.3) is 0 Å². The van der Waals surface area contributed by atoms with Crippen molar-refractivity contribution in [2.75, 3.05) is 14.2 Å². The van der Waals surface area contributed by atoms with Crippen LogP contribution in [-0.2, 0) is 16.1 Å². The van der Waals surface area contributed by atoms with Crippen LogP contribution in [-0.4, -0.2) is 46.5 Å². The molecule has 0 radical (unpaired) electrons. The Balaban J connectivity index is 1.43. The monoisotopic (exact) mass is 565 g/mol. The Morgan fingerprint density at radius 3 is 2.65 bits per heavy atom. The van der Waals surface area contributed by atoms with Crippen LogP contribution in [0.3, 0.4) is 0 Å². The zero-order chi connectivity index (χ0) is 28.4. The summed E-state index contributed by atoms with van der Waals surface area (Å²) in [5.41, 5.74) is 3.08.